The smallest absolute Gasteiger partial charge is 0.264 e. The van der Waals surface area contributed by atoms with Gasteiger partial charge in [-0.25, -0.2) is 21.9 Å². The van der Waals surface area contributed by atoms with Crippen LogP contribution in [-0.4, -0.2) is 20.5 Å². The van der Waals surface area contributed by atoms with Gasteiger partial charge in [0.1, 0.15) is 23.5 Å². The van der Waals surface area contributed by atoms with Crippen LogP contribution in [0.5, 0.6) is 11.5 Å². The van der Waals surface area contributed by atoms with Crippen LogP contribution >= 0.6 is 0 Å². The second-order valence-electron chi connectivity index (χ2n) is 6.08. The molecule has 1 unspecified atom stereocenters. The van der Waals surface area contributed by atoms with Gasteiger partial charge < -0.3 is 4.74 Å². The molecule has 6 nitrogen and oxygen atoms in total. The summed E-state index contributed by atoms with van der Waals surface area (Å²) in [6.45, 7) is 1.06. The van der Waals surface area contributed by atoms with Crippen molar-refractivity contribution < 1.29 is 26.7 Å². The Balaban J connectivity index is 2.05. The number of carbonyl (C=O) groups is 1. The van der Waals surface area contributed by atoms with E-state index in [1.165, 1.54) is 18.2 Å². The topological polar surface area (TPSA) is 96.3 Å². The van der Waals surface area contributed by atoms with E-state index < -0.39 is 27.9 Å². The zero-order valence-electron chi connectivity index (χ0n) is 14.1. The average Bonchev–Trinajstić information content (AvgIpc) is 2.94. The average molecular weight is 392 g/mol. The first-order valence-electron chi connectivity index (χ1n) is 7.90. The third-order valence-electron chi connectivity index (χ3n) is 3.99. The second kappa shape index (κ2) is 6.96. The lowest BCUT2D eigenvalue weighted by molar-refractivity contribution is -0.117. The van der Waals surface area contributed by atoms with Crippen molar-refractivity contribution in [3.63, 3.8) is 0 Å². The third kappa shape index (κ3) is 3.90. The zero-order valence-corrected chi connectivity index (χ0v) is 14.9. The number of carbonyl (C=O) groups excluding carboxylic acids is 1. The summed E-state index contributed by atoms with van der Waals surface area (Å²) in [6.07, 6.45) is -1.53. The van der Waals surface area contributed by atoms with E-state index in [1.54, 1.807) is 6.07 Å². The Kier molecular flexibility index (Phi) is 4.85. The quantitative estimate of drug-likeness (QED) is 0.863. The van der Waals surface area contributed by atoms with Crippen molar-refractivity contribution in [3.8, 4) is 17.6 Å². The van der Waals surface area contributed by atoms with Crippen LogP contribution < -0.4 is 9.46 Å². The van der Waals surface area contributed by atoms with Gasteiger partial charge in [0.05, 0.1) is 16.5 Å². The Bertz CT molecular complexity index is 1080. The number of nitriles is 1. The molecule has 1 N–H and O–H groups in total. The van der Waals surface area contributed by atoms with Crippen LogP contribution in [0.3, 0.4) is 0 Å². The summed E-state index contributed by atoms with van der Waals surface area (Å²) in [5.41, 5.74) is 0.595. The Morgan fingerprint density at radius 2 is 1.96 bits per heavy atom. The molecular formula is C18H14F2N2O4S. The molecule has 0 bridgehead atoms. The standard InChI is InChI=1S/C18H14F2N2O4S/c1-10(23)22-27(24,25)18-3-2-17(15-7-13(20)8-16(15)18)26-14-5-11(9-21)4-12(19)6-14/h2-6,13H,7-8H2,1H3,(H,22,23). The number of rotatable bonds is 4. The summed E-state index contributed by atoms with van der Waals surface area (Å²) in [6, 6.07) is 7.76. The fourth-order valence-corrected chi connectivity index (χ4v) is 4.28. The normalized spacial score (nSPS) is 15.7. The van der Waals surface area contributed by atoms with Crippen molar-refractivity contribution in [3.05, 3.63) is 52.8 Å². The van der Waals surface area contributed by atoms with Gasteiger partial charge in [0.15, 0.2) is 0 Å². The van der Waals surface area contributed by atoms with Crippen molar-refractivity contribution >= 4 is 15.9 Å². The largest absolute Gasteiger partial charge is 0.457 e. The van der Waals surface area contributed by atoms with Crippen LogP contribution in [-0.2, 0) is 27.7 Å². The molecule has 3 rings (SSSR count). The molecule has 2 aromatic rings. The van der Waals surface area contributed by atoms with Gasteiger partial charge in [-0.2, -0.15) is 5.26 Å². The lowest BCUT2D eigenvalue weighted by atomic mass is 10.1. The molecule has 1 amide bonds. The van der Waals surface area contributed by atoms with E-state index in [-0.39, 0.29) is 40.4 Å². The van der Waals surface area contributed by atoms with E-state index in [2.05, 4.69) is 0 Å². The molecule has 0 spiro atoms. The molecule has 0 aliphatic heterocycles. The Morgan fingerprint density at radius 1 is 1.26 bits per heavy atom. The van der Waals surface area contributed by atoms with E-state index in [0.717, 1.165) is 19.1 Å². The van der Waals surface area contributed by atoms with E-state index in [0.29, 0.717) is 5.56 Å². The SMILES string of the molecule is CC(=O)NS(=O)(=O)c1ccc(Oc2cc(F)cc(C#N)c2)c2c1CC(F)C2. The van der Waals surface area contributed by atoms with E-state index in [1.807, 2.05) is 4.72 Å². The minimum atomic E-state index is -4.14. The molecule has 0 aromatic heterocycles. The van der Waals surface area contributed by atoms with Gasteiger partial charge in [0.2, 0.25) is 5.91 Å². The summed E-state index contributed by atoms with van der Waals surface area (Å²) < 4.78 is 59.7. The minimum Gasteiger partial charge on any atom is -0.457 e. The number of nitrogens with zero attached hydrogens (tertiary/aromatic N) is 1. The highest BCUT2D eigenvalue weighted by molar-refractivity contribution is 7.90. The molecule has 0 radical (unpaired) electrons. The first-order valence-corrected chi connectivity index (χ1v) is 9.38. The maximum Gasteiger partial charge on any atom is 0.264 e. The van der Waals surface area contributed by atoms with Gasteiger partial charge in [-0.05, 0) is 29.8 Å². The van der Waals surface area contributed by atoms with Crippen LogP contribution in [0.4, 0.5) is 8.78 Å². The molecule has 0 fully saturated rings. The number of amides is 1. The fourth-order valence-electron chi connectivity index (χ4n) is 3.02. The van der Waals surface area contributed by atoms with Crippen molar-refractivity contribution in [2.75, 3.05) is 0 Å². The Labute approximate surface area is 154 Å². The molecule has 1 aliphatic rings. The van der Waals surface area contributed by atoms with E-state index in [9.17, 15) is 22.0 Å². The first kappa shape index (κ1) is 18.8. The van der Waals surface area contributed by atoms with Crippen molar-refractivity contribution in [1.29, 1.82) is 5.26 Å². The third-order valence-corrected chi connectivity index (χ3v) is 5.51. The maximum absolute atomic E-state index is 14.0. The first-order chi connectivity index (χ1) is 12.7. The maximum atomic E-state index is 14.0. The summed E-state index contributed by atoms with van der Waals surface area (Å²) in [5, 5.41) is 8.92. The molecule has 1 aliphatic carbocycles. The Hall–Kier alpha value is -2.99. The number of hydrogen-bond donors (Lipinski definition) is 1. The minimum absolute atomic E-state index is 0.0357. The predicted octanol–water partition coefficient (Wildman–Crippen LogP) is 2.75. The molecular weight excluding hydrogens is 378 g/mol. The molecule has 2 aromatic carbocycles. The summed E-state index contributed by atoms with van der Waals surface area (Å²) in [4.78, 5) is 10.9. The summed E-state index contributed by atoms with van der Waals surface area (Å²) >= 11 is 0. The van der Waals surface area contributed by atoms with E-state index >= 15 is 0 Å². The van der Waals surface area contributed by atoms with Crippen LogP contribution in [0.1, 0.15) is 23.6 Å². The highest BCUT2D eigenvalue weighted by Crippen LogP contribution is 2.38. The van der Waals surface area contributed by atoms with Crippen LogP contribution in [0.25, 0.3) is 0 Å². The molecule has 0 saturated heterocycles. The number of fused-ring (bicyclic) bond motifs is 1. The number of halogens is 2. The van der Waals surface area contributed by atoms with Gasteiger partial charge in [-0.3, -0.25) is 4.79 Å². The van der Waals surface area contributed by atoms with Gasteiger partial charge in [0, 0.05) is 31.4 Å². The van der Waals surface area contributed by atoms with Crippen molar-refractivity contribution in [2.45, 2.75) is 30.8 Å². The summed E-state index contributed by atoms with van der Waals surface area (Å²) in [7, 11) is -4.14. The number of ether oxygens (including phenoxy) is 1. The van der Waals surface area contributed by atoms with Gasteiger partial charge >= 0.3 is 0 Å². The molecule has 27 heavy (non-hydrogen) atoms. The summed E-state index contributed by atoms with van der Waals surface area (Å²) in [5.74, 6) is -1.23. The second-order valence-corrected chi connectivity index (χ2v) is 7.73. The molecule has 0 heterocycles. The predicted molar refractivity (Wildman–Crippen MR) is 90.9 cm³/mol. The molecule has 140 valence electrons. The number of alkyl halides is 1. The fraction of sp³-hybridized carbons (Fsp3) is 0.222. The Morgan fingerprint density at radius 3 is 2.63 bits per heavy atom. The highest BCUT2D eigenvalue weighted by atomic mass is 32.2. The van der Waals surface area contributed by atoms with Crippen molar-refractivity contribution in [1.82, 2.24) is 4.72 Å². The number of benzene rings is 2. The molecule has 1 atom stereocenters. The zero-order chi connectivity index (χ0) is 19.8. The van der Waals surface area contributed by atoms with E-state index in [4.69, 9.17) is 10.00 Å². The van der Waals surface area contributed by atoms with Crippen molar-refractivity contribution in [2.24, 2.45) is 0 Å². The van der Waals surface area contributed by atoms with Crippen LogP contribution in [0, 0.1) is 17.1 Å². The van der Waals surface area contributed by atoms with Crippen LogP contribution in [0.15, 0.2) is 35.2 Å². The monoisotopic (exact) mass is 392 g/mol. The lowest BCUT2D eigenvalue weighted by Crippen LogP contribution is -2.29. The highest BCUT2D eigenvalue weighted by Gasteiger charge is 2.32. The number of nitrogens with one attached hydrogen (secondary N) is 1. The number of hydrogen-bond acceptors (Lipinski definition) is 5. The lowest BCUT2D eigenvalue weighted by Gasteiger charge is -2.14. The van der Waals surface area contributed by atoms with Gasteiger partial charge in [-0.1, -0.05) is 0 Å². The van der Waals surface area contributed by atoms with Gasteiger partial charge in [-0.15, -0.1) is 0 Å². The number of sulfonamides is 1. The molecule has 0 saturated carbocycles. The van der Waals surface area contributed by atoms with Gasteiger partial charge in [0.25, 0.3) is 10.0 Å². The molecule has 9 heteroatoms. The van der Waals surface area contributed by atoms with Crippen LogP contribution in [0.2, 0.25) is 0 Å².